The second-order valence-electron chi connectivity index (χ2n) is 5.24. The van der Waals surface area contributed by atoms with Crippen molar-refractivity contribution in [3.63, 3.8) is 0 Å². The highest BCUT2D eigenvalue weighted by molar-refractivity contribution is 7.98. The first-order chi connectivity index (χ1) is 10.6. The first-order valence-corrected chi connectivity index (χ1v) is 8.45. The van der Waals surface area contributed by atoms with Gasteiger partial charge in [-0.2, -0.15) is 4.98 Å². The van der Waals surface area contributed by atoms with Gasteiger partial charge in [0, 0.05) is 30.0 Å². The summed E-state index contributed by atoms with van der Waals surface area (Å²) in [6.45, 7) is 6.42. The van der Waals surface area contributed by atoms with Crippen LogP contribution >= 0.6 is 11.8 Å². The Morgan fingerprint density at radius 1 is 1.27 bits per heavy atom. The van der Waals surface area contributed by atoms with Gasteiger partial charge in [-0.05, 0) is 20.1 Å². The molecule has 3 heterocycles. The maximum atomic E-state index is 12.5. The number of amides is 1. The molecule has 1 fully saturated rings. The molecular weight excluding hydrogens is 302 g/mol. The summed E-state index contributed by atoms with van der Waals surface area (Å²) >= 11 is 1.48. The van der Waals surface area contributed by atoms with E-state index in [2.05, 4.69) is 15.1 Å². The molecule has 0 N–H and O–H groups in total. The van der Waals surface area contributed by atoms with Crippen molar-refractivity contribution < 1.29 is 9.53 Å². The Labute approximate surface area is 133 Å². The molecule has 0 atom stereocenters. The Balaban J connectivity index is 1.90. The highest BCUT2D eigenvalue weighted by Gasteiger charge is 2.21. The molecule has 2 aromatic rings. The monoisotopic (exact) mass is 321 g/mol. The molecule has 0 bridgehead atoms. The number of nitrogens with zero attached hydrogens (tertiary/aromatic N) is 5. The Kier molecular flexibility index (Phi) is 4.30. The number of ether oxygens (including phenoxy) is 1. The standard InChI is InChI=1S/C14H19N5O2S/c1-9-11(8-12(20)18-4-6-21-7-5-18)10(2)19-13(15-9)16-14(17-19)22-3/h4-8H2,1-3H3. The van der Waals surface area contributed by atoms with Crippen molar-refractivity contribution in [2.24, 2.45) is 0 Å². The Morgan fingerprint density at radius 3 is 2.68 bits per heavy atom. The van der Waals surface area contributed by atoms with Crippen LogP contribution in [0.25, 0.3) is 5.78 Å². The van der Waals surface area contributed by atoms with E-state index in [1.807, 2.05) is 25.0 Å². The van der Waals surface area contributed by atoms with Crippen molar-refractivity contribution >= 4 is 23.4 Å². The lowest BCUT2D eigenvalue weighted by atomic mass is 10.1. The van der Waals surface area contributed by atoms with Gasteiger partial charge in [-0.25, -0.2) is 9.50 Å². The van der Waals surface area contributed by atoms with Gasteiger partial charge in [-0.3, -0.25) is 4.79 Å². The SMILES string of the molecule is CSc1nc2nc(C)c(CC(=O)N3CCOCC3)c(C)n2n1. The number of carbonyl (C=O) groups excluding carboxylic acids is 1. The molecule has 1 amide bonds. The summed E-state index contributed by atoms with van der Waals surface area (Å²) in [5.74, 6) is 0.697. The Bertz CT molecular complexity index is 709. The topological polar surface area (TPSA) is 72.6 Å². The second kappa shape index (κ2) is 6.21. The van der Waals surface area contributed by atoms with Gasteiger partial charge in [0.05, 0.1) is 19.6 Å². The number of rotatable bonds is 3. The number of thioether (sulfide) groups is 1. The first kappa shape index (κ1) is 15.2. The van der Waals surface area contributed by atoms with Crippen molar-refractivity contribution in [2.45, 2.75) is 25.4 Å². The molecule has 1 saturated heterocycles. The minimum absolute atomic E-state index is 0.112. The zero-order valence-electron chi connectivity index (χ0n) is 13.0. The molecule has 7 nitrogen and oxygen atoms in total. The number of morpholine rings is 1. The summed E-state index contributed by atoms with van der Waals surface area (Å²) in [5, 5.41) is 5.10. The molecule has 0 spiro atoms. The van der Waals surface area contributed by atoms with Crippen molar-refractivity contribution in [3.05, 3.63) is 17.0 Å². The summed E-state index contributed by atoms with van der Waals surface area (Å²) in [6, 6.07) is 0. The maximum absolute atomic E-state index is 12.5. The summed E-state index contributed by atoms with van der Waals surface area (Å²) in [4.78, 5) is 23.1. The van der Waals surface area contributed by atoms with Gasteiger partial charge in [0.15, 0.2) is 0 Å². The zero-order chi connectivity index (χ0) is 15.7. The first-order valence-electron chi connectivity index (χ1n) is 7.22. The van der Waals surface area contributed by atoms with Crippen molar-refractivity contribution in [1.82, 2.24) is 24.5 Å². The minimum Gasteiger partial charge on any atom is -0.378 e. The lowest BCUT2D eigenvalue weighted by Gasteiger charge is -2.27. The number of aryl methyl sites for hydroxylation is 2. The number of aromatic nitrogens is 4. The fourth-order valence-electron chi connectivity index (χ4n) is 2.61. The van der Waals surface area contributed by atoms with Crippen molar-refractivity contribution in [2.75, 3.05) is 32.6 Å². The van der Waals surface area contributed by atoms with Crippen LogP contribution in [0.5, 0.6) is 0 Å². The number of hydrogen-bond donors (Lipinski definition) is 0. The molecule has 1 aliphatic heterocycles. The average molecular weight is 321 g/mol. The van der Waals surface area contributed by atoms with Crippen LogP contribution in [0.1, 0.15) is 17.0 Å². The molecular formula is C14H19N5O2S. The summed E-state index contributed by atoms with van der Waals surface area (Å²) in [6.07, 6.45) is 2.27. The predicted octanol–water partition coefficient (Wildman–Crippen LogP) is 0.864. The molecule has 0 aliphatic carbocycles. The maximum Gasteiger partial charge on any atom is 0.253 e. The van der Waals surface area contributed by atoms with Crippen LogP contribution in [0.2, 0.25) is 0 Å². The van der Waals surface area contributed by atoms with Crippen molar-refractivity contribution in [3.8, 4) is 0 Å². The molecule has 0 saturated carbocycles. The van der Waals surface area contributed by atoms with Gasteiger partial charge >= 0.3 is 0 Å². The molecule has 8 heteroatoms. The fraction of sp³-hybridized carbons (Fsp3) is 0.571. The molecule has 1 aliphatic rings. The van der Waals surface area contributed by atoms with Gasteiger partial charge in [-0.1, -0.05) is 11.8 Å². The summed E-state index contributed by atoms with van der Waals surface area (Å²) in [5.41, 5.74) is 2.70. The van der Waals surface area contributed by atoms with Gasteiger partial charge in [0.25, 0.3) is 5.78 Å². The van der Waals surface area contributed by atoms with Gasteiger partial charge < -0.3 is 9.64 Å². The molecule has 0 aromatic carbocycles. The van der Waals surface area contributed by atoms with Crippen LogP contribution in [-0.2, 0) is 16.0 Å². The van der Waals surface area contributed by atoms with E-state index in [9.17, 15) is 4.79 Å². The minimum atomic E-state index is 0.112. The lowest BCUT2D eigenvalue weighted by molar-refractivity contribution is -0.134. The molecule has 22 heavy (non-hydrogen) atoms. The van der Waals surface area contributed by atoms with Crippen LogP contribution in [0.4, 0.5) is 0 Å². The van der Waals surface area contributed by atoms with E-state index in [0.29, 0.717) is 43.7 Å². The van der Waals surface area contributed by atoms with E-state index in [0.717, 1.165) is 17.0 Å². The zero-order valence-corrected chi connectivity index (χ0v) is 13.8. The second-order valence-corrected chi connectivity index (χ2v) is 6.01. The number of fused-ring (bicyclic) bond motifs is 1. The number of carbonyl (C=O) groups is 1. The van der Waals surface area contributed by atoms with E-state index in [1.165, 1.54) is 11.8 Å². The van der Waals surface area contributed by atoms with E-state index < -0.39 is 0 Å². The molecule has 0 radical (unpaired) electrons. The normalized spacial score (nSPS) is 15.5. The largest absolute Gasteiger partial charge is 0.378 e. The average Bonchev–Trinajstić information content (AvgIpc) is 2.95. The van der Waals surface area contributed by atoms with Crippen LogP contribution in [0.15, 0.2) is 5.16 Å². The third-order valence-corrected chi connectivity index (χ3v) is 4.44. The van der Waals surface area contributed by atoms with Gasteiger partial charge in [0.2, 0.25) is 11.1 Å². The summed E-state index contributed by atoms with van der Waals surface area (Å²) < 4.78 is 7.01. The van der Waals surface area contributed by atoms with Crippen LogP contribution in [0, 0.1) is 13.8 Å². The third-order valence-electron chi connectivity index (χ3n) is 3.90. The Hall–Kier alpha value is -1.67. The van der Waals surface area contributed by atoms with E-state index in [-0.39, 0.29) is 5.91 Å². The van der Waals surface area contributed by atoms with E-state index in [1.54, 1.807) is 4.52 Å². The number of hydrogen-bond acceptors (Lipinski definition) is 6. The fourth-order valence-corrected chi connectivity index (χ4v) is 2.94. The highest BCUT2D eigenvalue weighted by Crippen LogP contribution is 2.18. The smallest absolute Gasteiger partial charge is 0.253 e. The molecule has 3 rings (SSSR count). The molecule has 0 unspecified atom stereocenters. The van der Waals surface area contributed by atoms with Gasteiger partial charge in [0.1, 0.15) is 0 Å². The van der Waals surface area contributed by atoms with E-state index in [4.69, 9.17) is 4.74 Å². The van der Waals surface area contributed by atoms with Gasteiger partial charge in [-0.15, -0.1) is 5.10 Å². The van der Waals surface area contributed by atoms with Crippen LogP contribution in [-0.4, -0.2) is 62.9 Å². The van der Waals surface area contributed by atoms with Crippen LogP contribution in [0.3, 0.4) is 0 Å². The van der Waals surface area contributed by atoms with Crippen molar-refractivity contribution in [1.29, 1.82) is 0 Å². The Morgan fingerprint density at radius 2 is 2.00 bits per heavy atom. The molecule has 118 valence electrons. The summed E-state index contributed by atoms with van der Waals surface area (Å²) in [7, 11) is 0. The third kappa shape index (κ3) is 2.80. The lowest BCUT2D eigenvalue weighted by Crippen LogP contribution is -2.41. The quantitative estimate of drug-likeness (QED) is 0.781. The molecule has 2 aromatic heterocycles. The predicted molar refractivity (Wildman–Crippen MR) is 83.1 cm³/mol. The van der Waals surface area contributed by atoms with Crippen LogP contribution < -0.4 is 0 Å². The van der Waals surface area contributed by atoms with E-state index >= 15 is 0 Å². The highest BCUT2D eigenvalue weighted by atomic mass is 32.2.